The third kappa shape index (κ3) is 4.57. The van der Waals surface area contributed by atoms with Crippen LogP contribution in [0.15, 0.2) is 24.3 Å². The summed E-state index contributed by atoms with van der Waals surface area (Å²) in [7, 11) is 0. The van der Waals surface area contributed by atoms with E-state index in [0.717, 1.165) is 24.3 Å². The summed E-state index contributed by atoms with van der Waals surface area (Å²) in [5, 5.41) is 11.5. The molecule has 0 unspecified atom stereocenters. The summed E-state index contributed by atoms with van der Waals surface area (Å²) < 4.78 is 0. The number of hydrogen-bond donors (Lipinski definition) is 2. The summed E-state index contributed by atoms with van der Waals surface area (Å²) in [6.45, 7) is 5.00. The maximum atomic E-state index is 12.0. The number of nitrogens with one attached hydrogen (secondary N) is 2. The van der Waals surface area contributed by atoms with Crippen molar-refractivity contribution in [3.8, 4) is 6.07 Å². The van der Waals surface area contributed by atoms with Gasteiger partial charge >= 0.3 is 0 Å². The Bertz CT molecular complexity index is 569. The standard InChI is InChI=1S/C16H20N4O2/c1-13(21)20-10-8-19(9-11-20)12-16(22)18-15-4-2-14(3-5-15)6-7-17/h2-5H,6,8-12H2,1H3,(H,18,22)/p+1. The van der Waals surface area contributed by atoms with Gasteiger partial charge < -0.3 is 15.1 Å². The number of carbonyl (C=O) groups is 2. The Morgan fingerprint density at radius 1 is 1.27 bits per heavy atom. The Morgan fingerprint density at radius 2 is 1.91 bits per heavy atom. The number of benzene rings is 1. The third-order valence-electron chi connectivity index (χ3n) is 3.85. The van der Waals surface area contributed by atoms with Gasteiger partial charge in [-0.3, -0.25) is 9.59 Å². The van der Waals surface area contributed by atoms with Gasteiger partial charge in [-0.1, -0.05) is 12.1 Å². The lowest BCUT2D eigenvalue weighted by molar-refractivity contribution is -0.895. The quantitative estimate of drug-likeness (QED) is 0.782. The largest absolute Gasteiger partial charge is 0.332 e. The van der Waals surface area contributed by atoms with Crippen LogP contribution >= 0.6 is 0 Å². The molecule has 1 aromatic rings. The first-order valence-corrected chi connectivity index (χ1v) is 7.43. The van der Waals surface area contributed by atoms with Crippen LogP contribution in [-0.4, -0.2) is 49.4 Å². The second-order valence-corrected chi connectivity index (χ2v) is 5.51. The Hall–Kier alpha value is -2.39. The number of quaternary nitrogens is 1. The number of piperazine rings is 1. The molecule has 1 aliphatic rings. The molecule has 2 amide bonds. The first kappa shape index (κ1) is 16.0. The lowest BCUT2D eigenvalue weighted by atomic mass is 10.1. The van der Waals surface area contributed by atoms with Crippen LogP contribution < -0.4 is 10.2 Å². The van der Waals surface area contributed by atoms with Crippen molar-refractivity contribution >= 4 is 17.5 Å². The minimum absolute atomic E-state index is 0.0284. The molecular weight excluding hydrogens is 280 g/mol. The van der Waals surface area contributed by atoms with E-state index in [2.05, 4.69) is 11.4 Å². The first-order valence-electron chi connectivity index (χ1n) is 7.43. The van der Waals surface area contributed by atoms with E-state index >= 15 is 0 Å². The summed E-state index contributed by atoms with van der Waals surface area (Å²) in [6.07, 6.45) is 0.374. The lowest BCUT2D eigenvalue weighted by Gasteiger charge is -2.31. The molecule has 1 aliphatic heterocycles. The van der Waals surface area contributed by atoms with E-state index in [4.69, 9.17) is 5.26 Å². The van der Waals surface area contributed by atoms with E-state index in [-0.39, 0.29) is 11.8 Å². The van der Waals surface area contributed by atoms with Crippen molar-refractivity contribution in [2.45, 2.75) is 13.3 Å². The maximum Gasteiger partial charge on any atom is 0.279 e. The van der Waals surface area contributed by atoms with Gasteiger partial charge in [-0.05, 0) is 17.7 Å². The number of hydrogen-bond acceptors (Lipinski definition) is 3. The van der Waals surface area contributed by atoms with Gasteiger partial charge in [0.15, 0.2) is 6.54 Å². The molecule has 0 bridgehead atoms. The van der Waals surface area contributed by atoms with Crippen molar-refractivity contribution in [3.05, 3.63) is 29.8 Å². The Labute approximate surface area is 130 Å². The predicted molar refractivity (Wildman–Crippen MR) is 82.2 cm³/mol. The fraction of sp³-hybridized carbons (Fsp3) is 0.438. The van der Waals surface area contributed by atoms with Crippen molar-refractivity contribution in [2.24, 2.45) is 0 Å². The van der Waals surface area contributed by atoms with Crippen LogP contribution in [0.1, 0.15) is 12.5 Å². The highest BCUT2D eigenvalue weighted by Gasteiger charge is 2.23. The molecule has 0 aromatic heterocycles. The number of carbonyl (C=O) groups excluding carboxylic acids is 2. The van der Waals surface area contributed by atoms with Gasteiger partial charge in [0.1, 0.15) is 0 Å². The van der Waals surface area contributed by atoms with E-state index in [1.54, 1.807) is 6.92 Å². The fourth-order valence-corrected chi connectivity index (χ4v) is 2.54. The molecular formula is C16H21N4O2+. The fourth-order valence-electron chi connectivity index (χ4n) is 2.54. The Balaban J connectivity index is 1.78. The molecule has 116 valence electrons. The zero-order valence-electron chi connectivity index (χ0n) is 12.8. The molecule has 1 aromatic carbocycles. The number of nitrogens with zero attached hydrogens (tertiary/aromatic N) is 2. The van der Waals surface area contributed by atoms with Crippen LogP contribution in [0.25, 0.3) is 0 Å². The zero-order chi connectivity index (χ0) is 15.9. The van der Waals surface area contributed by atoms with Crippen LogP contribution in [0.3, 0.4) is 0 Å². The molecule has 0 aliphatic carbocycles. The molecule has 22 heavy (non-hydrogen) atoms. The summed E-state index contributed by atoms with van der Waals surface area (Å²) in [6, 6.07) is 9.41. The minimum Gasteiger partial charge on any atom is -0.332 e. The van der Waals surface area contributed by atoms with Crippen LogP contribution in [0.2, 0.25) is 0 Å². The van der Waals surface area contributed by atoms with Gasteiger partial charge in [-0.2, -0.15) is 5.26 Å². The lowest BCUT2D eigenvalue weighted by Crippen LogP contribution is -3.15. The molecule has 1 heterocycles. The third-order valence-corrected chi connectivity index (χ3v) is 3.85. The van der Waals surface area contributed by atoms with E-state index in [1.165, 1.54) is 4.90 Å². The molecule has 6 nitrogen and oxygen atoms in total. The normalized spacial score (nSPS) is 15.2. The average Bonchev–Trinajstić information content (AvgIpc) is 2.50. The molecule has 0 atom stereocenters. The smallest absolute Gasteiger partial charge is 0.279 e. The summed E-state index contributed by atoms with van der Waals surface area (Å²) in [4.78, 5) is 26.3. The predicted octanol–water partition coefficient (Wildman–Crippen LogP) is -0.562. The molecule has 2 rings (SSSR count). The van der Waals surface area contributed by atoms with Crippen molar-refractivity contribution in [3.63, 3.8) is 0 Å². The summed E-state index contributed by atoms with van der Waals surface area (Å²) >= 11 is 0. The van der Waals surface area contributed by atoms with Gasteiger partial charge in [-0.15, -0.1) is 0 Å². The van der Waals surface area contributed by atoms with Gasteiger partial charge in [0, 0.05) is 12.6 Å². The van der Waals surface area contributed by atoms with E-state index in [9.17, 15) is 9.59 Å². The van der Waals surface area contributed by atoms with Crippen LogP contribution in [0.5, 0.6) is 0 Å². The highest BCUT2D eigenvalue weighted by atomic mass is 16.2. The Morgan fingerprint density at radius 3 is 2.45 bits per heavy atom. The van der Waals surface area contributed by atoms with Gasteiger partial charge in [0.2, 0.25) is 5.91 Å². The number of nitriles is 1. The van der Waals surface area contributed by atoms with Crippen molar-refractivity contribution in [1.82, 2.24) is 4.90 Å². The molecule has 0 radical (unpaired) electrons. The number of anilines is 1. The Kier molecular flexibility index (Phi) is 5.50. The van der Waals surface area contributed by atoms with E-state index in [1.807, 2.05) is 29.2 Å². The monoisotopic (exact) mass is 301 g/mol. The highest BCUT2D eigenvalue weighted by molar-refractivity contribution is 5.91. The molecule has 0 saturated carbocycles. The second kappa shape index (κ2) is 7.57. The second-order valence-electron chi connectivity index (χ2n) is 5.51. The van der Waals surface area contributed by atoms with Crippen molar-refractivity contribution in [1.29, 1.82) is 5.26 Å². The van der Waals surface area contributed by atoms with E-state index < -0.39 is 0 Å². The minimum atomic E-state index is -0.0284. The van der Waals surface area contributed by atoms with Gasteiger partial charge in [0.05, 0.1) is 38.7 Å². The zero-order valence-corrected chi connectivity index (χ0v) is 12.8. The van der Waals surface area contributed by atoms with Crippen molar-refractivity contribution in [2.75, 3.05) is 38.0 Å². The number of rotatable bonds is 4. The molecule has 1 saturated heterocycles. The maximum absolute atomic E-state index is 12.0. The first-order chi connectivity index (χ1) is 10.6. The highest BCUT2D eigenvalue weighted by Crippen LogP contribution is 2.09. The molecule has 0 spiro atoms. The topological polar surface area (TPSA) is 77.6 Å². The molecule has 2 N–H and O–H groups in total. The van der Waals surface area contributed by atoms with Crippen LogP contribution in [0, 0.1) is 11.3 Å². The van der Waals surface area contributed by atoms with Crippen LogP contribution in [0.4, 0.5) is 5.69 Å². The SMILES string of the molecule is CC(=O)N1CC[NH+](CC(=O)Nc2ccc(CC#N)cc2)CC1. The van der Waals surface area contributed by atoms with Gasteiger partial charge in [-0.25, -0.2) is 0 Å². The average molecular weight is 301 g/mol. The summed E-state index contributed by atoms with van der Waals surface area (Å²) in [5.74, 6) is 0.0697. The molecule has 1 fully saturated rings. The van der Waals surface area contributed by atoms with Crippen LogP contribution in [-0.2, 0) is 16.0 Å². The van der Waals surface area contributed by atoms with Gasteiger partial charge in [0.25, 0.3) is 5.91 Å². The van der Waals surface area contributed by atoms with E-state index in [0.29, 0.717) is 26.1 Å². The number of amides is 2. The van der Waals surface area contributed by atoms with Crippen molar-refractivity contribution < 1.29 is 14.5 Å². The molecule has 6 heteroatoms. The summed E-state index contributed by atoms with van der Waals surface area (Å²) in [5.41, 5.74) is 1.68.